The second-order valence-electron chi connectivity index (χ2n) is 7.53. The SMILES string of the molecule is CNC(=O)[C@H](CCCCN)NC(=O)[C@H](CCCCN)NC(=O)[C@@H](N)CCCNC(N)N. The highest BCUT2D eigenvalue weighted by molar-refractivity contribution is 5.92. The summed E-state index contributed by atoms with van der Waals surface area (Å²) in [7, 11) is 1.51. The molecular formula is C19H43N9O3. The number of hydrogen-bond donors (Lipinski definition) is 9. The normalized spacial score (nSPS) is 14.0. The highest BCUT2D eigenvalue weighted by Gasteiger charge is 2.27. The van der Waals surface area contributed by atoms with E-state index in [4.69, 9.17) is 28.7 Å². The Labute approximate surface area is 185 Å². The Balaban J connectivity index is 4.93. The van der Waals surface area contributed by atoms with Gasteiger partial charge in [0.1, 0.15) is 18.4 Å². The van der Waals surface area contributed by atoms with Gasteiger partial charge in [-0.3, -0.25) is 19.7 Å². The lowest BCUT2D eigenvalue weighted by molar-refractivity contribution is -0.132. The molecule has 0 radical (unpaired) electrons. The van der Waals surface area contributed by atoms with Gasteiger partial charge >= 0.3 is 0 Å². The van der Waals surface area contributed by atoms with E-state index in [9.17, 15) is 14.4 Å². The molecule has 0 saturated heterocycles. The van der Waals surface area contributed by atoms with Gasteiger partial charge in [-0.1, -0.05) is 0 Å². The standard InChI is InChI=1S/C19H43N9O3/c1-25-17(30)14(8-2-4-10-20)28-18(31)15(9-3-5-11-21)27-16(29)13(22)7-6-12-26-19(23)24/h13-15,19,26H,2-12,20-24H2,1H3,(H,25,30)(H,27,29)(H,28,31)/t13-,14-,15-/m0/s1. The molecule has 0 rings (SSSR count). The maximum absolute atomic E-state index is 12.9. The van der Waals surface area contributed by atoms with Crippen LogP contribution in [-0.4, -0.2) is 68.8 Å². The van der Waals surface area contributed by atoms with E-state index in [0.29, 0.717) is 64.6 Å². The van der Waals surface area contributed by atoms with E-state index in [-0.39, 0.29) is 5.91 Å². The number of hydrogen-bond acceptors (Lipinski definition) is 9. The monoisotopic (exact) mass is 445 g/mol. The van der Waals surface area contributed by atoms with Crippen molar-refractivity contribution in [3.8, 4) is 0 Å². The number of nitrogens with two attached hydrogens (primary N) is 5. The molecule has 3 amide bonds. The Morgan fingerprint density at radius 3 is 1.71 bits per heavy atom. The molecule has 0 fully saturated rings. The lowest BCUT2D eigenvalue weighted by Gasteiger charge is -2.24. The van der Waals surface area contributed by atoms with Gasteiger partial charge < -0.3 is 44.6 Å². The Hall–Kier alpha value is -1.83. The maximum Gasteiger partial charge on any atom is 0.243 e. The minimum Gasteiger partial charge on any atom is -0.357 e. The first kappa shape index (κ1) is 29.2. The molecule has 12 nitrogen and oxygen atoms in total. The molecule has 0 aromatic rings. The van der Waals surface area contributed by atoms with Crippen molar-refractivity contribution in [3.05, 3.63) is 0 Å². The fourth-order valence-corrected chi connectivity index (χ4v) is 2.97. The van der Waals surface area contributed by atoms with E-state index in [2.05, 4.69) is 21.3 Å². The molecule has 12 heteroatoms. The van der Waals surface area contributed by atoms with Crippen LogP contribution in [-0.2, 0) is 14.4 Å². The van der Waals surface area contributed by atoms with Crippen molar-refractivity contribution in [2.24, 2.45) is 28.7 Å². The minimum absolute atomic E-state index is 0.292. The summed E-state index contributed by atoms with van der Waals surface area (Å²) in [5, 5.41) is 10.9. The number of amides is 3. The minimum atomic E-state index is -0.803. The maximum atomic E-state index is 12.9. The van der Waals surface area contributed by atoms with Crippen LogP contribution in [0, 0.1) is 0 Å². The molecule has 0 saturated carbocycles. The fraction of sp³-hybridized carbons (Fsp3) is 0.842. The number of unbranched alkanes of at least 4 members (excludes halogenated alkanes) is 2. The van der Waals surface area contributed by atoms with E-state index in [1.54, 1.807) is 0 Å². The number of rotatable bonds is 18. The zero-order valence-electron chi connectivity index (χ0n) is 18.7. The van der Waals surface area contributed by atoms with E-state index in [1.807, 2.05) is 0 Å². The molecule has 0 heterocycles. The van der Waals surface area contributed by atoms with E-state index in [0.717, 1.165) is 6.42 Å². The summed E-state index contributed by atoms with van der Waals surface area (Å²) in [5.74, 6) is -1.14. The number of carbonyl (C=O) groups excluding carboxylic acids is 3. The van der Waals surface area contributed by atoms with Gasteiger partial charge in [-0.25, -0.2) is 0 Å². The van der Waals surface area contributed by atoms with Gasteiger partial charge in [-0.15, -0.1) is 0 Å². The van der Waals surface area contributed by atoms with Crippen LogP contribution in [0.2, 0.25) is 0 Å². The van der Waals surface area contributed by atoms with Crippen LogP contribution in [0.3, 0.4) is 0 Å². The fourth-order valence-electron chi connectivity index (χ4n) is 2.97. The summed E-state index contributed by atoms with van der Waals surface area (Å²) in [6, 6.07) is -2.28. The van der Waals surface area contributed by atoms with Crippen molar-refractivity contribution < 1.29 is 14.4 Å². The van der Waals surface area contributed by atoms with Crippen LogP contribution in [0.25, 0.3) is 0 Å². The third kappa shape index (κ3) is 14.0. The van der Waals surface area contributed by atoms with E-state index < -0.39 is 36.2 Å². The number of likely N-dealkylation sites (N-methyl/N-ethyl adjacent to an activating group) is 1. The van der Waals surface area contributed by atoms with Crippen molar-refractivity contribution in [1.82, 2.24) is 21.3 Å². The van der Waals surface area contributed by atoms with Crippen molar-refractivity contribution in [3.63, 3.8) is 0 Å². The summed E-state index contributed by atoms with van der Waals surface area (Å²) in [6.45, 7) is 1.52. The lowest BCUT2D eigenvalue weighted by Crippen LogP contribution is -2.55. The third-order valence-corrected chi connectivity index (χ3v) is 4.81. The van der Waals surface area contributed by atoms with Gasteiger partial charge in [-0.2, -0.15) is 0 Å². The molecule has 3 atom stereocenters. The molecule has 0 unspecified atom stereocenters. The quantitative estimate of drug-likeness (QED) is 0.0765. The summed E-state index contributed by atoms with van der Waals surface area (Å²) >= 11 is 0. The first-order valence-corrected chi connectivity index (χ1v) is 11.0. The Morgan fingerprint density at radius 2 is 1.23 bits per heavy atom. The van der Waals surface area contributed by atoms with E-state index in [1.165, 1.54) is 7.05 Å². The molecule has 182 valence electrons. The molecule has 0 spiro atoms. The summed E-state index contributed by atoms with van der Waals surface area (Å²) in [4.78, 5) is 37.5. The van der Waals surface area contributed by atoms with Crippen LogP contribution >= 0.6 is 0 Å². The number of carbonyl (C=O) groups is 3. The second kappa shape index (κ2) is 17.8. The zero-order chi connectivity index (χ0) is 23.6. The Bertz CT molecular complexity index is 520. The predicted molar refractivity (Wildman–Crippen MR) is 121 cm³/mol. The molecule has 0 aromatic heterocycles. The highest BCUT2D eigenvalue weighted by atomic mass is 16.2. The van der Waals surface area contributed by atoms with Gasteiger partial charge in [-0.05, 0) is 71.0 Å². The number of nitrogens with one attached hydrogen (secondary N) is 4. The van der Waals surface area contributed by atoms with Crippen LogP contribution in [0.1, 0.15) is 51.4 Å². The van der Waals surface area contributed by atoms with E-state index >= 15 is 0 Å². The second-order valence-corrected chi connectivity index (χ2v) is 7.53. The topological polar surface area (TPSA) is 229 Å². The molecular weight excluding hydrogens is 402 g/mol. The predicted octanol–water partition coefficient (Wildman–Crippen LogP) is -3.14. The van der Waals surface area contributed by atoms with Crippen molar-refractivity contribution in [1.29, 1.82) is 0 Å². The average molecular weight is 446 g/mol. The van der Waals surface area contributed by atoms with Gasteiger partial charge in [0, 0.05) is 7.05 Å². The molecule has 0 aliphatic carbocycles. The van der Waals surface area contributed by atoms with Crippen molar-refractivity contribution >= 4 is 17.7 Å². The zero-order valence-corrected chi connectivity index (χ0v) is 18.7. The van der Waals surface area contributed by atoms with Crippen LogP contribution < -0.4 is 49.9 Å². The summed E-state index contributed by atoms with van der Waals surface area (Å²) in [6.07, 6.45) is 4.05. The molecule has 0 bridgehead atoms. The largest absolute Gasteiger partial charge is 0.357 e. The summed E-state index contributed by atoms with van der Waals surface area (Å²) in [5.41, 5.74) is 27.8. The average Bonchev–Trinajstić information content (AvgIpc) is 2.74. The third-order valence-electron chi connectivity index (χ3n) is 4.81. The first-order chi connectivity index (χ1) is 14.8. The molecule has 0 aromatic carbocycles. The highest BCUT2D eigenvalue weighted by Crippen LogP contribution is 2.06. The molecule has 0 aliphatic heterocycles. The lowest BCUT2D eigenvalue weighted by atomic mass is 10.0. The van der Waals surface area contributed by atoms with Gasteiger partial charge in [0.05, 0.1) is 6.04 Å². The van der Waals surface area contributed by atoms with Gasteiger partial charge in [0.25, 0.3) is 0 Å². The van der Waals surface area contributed by atoms with Gasteiger partial charge in [0.15, 0.2) is 0 Å². The molecule has 0 aliphatic rings. The summed E-state index contributed by atoms with van der Waals surface area (Å²) < 4.78 is 0. The van der Waals surface area contributed by atoms with Gasteiger partial charge in [0.2, 0.25) is 17.7 Å². The Morgan fingerprint density at radius 1 is 0.710 bits per heavy atom. The van der Waals surface area contributed by atoms with Crippen molar-refractivity contribution in [2.45, 2.75) is 75.8 Å². The molecule has 31 heavy (non-hydrogen) atoms. The Kier molecular flexibility index (Phi) is 16.8. The first-order valence-electron chi connectivity index (χ1n) is 11.0. The smallest absolute Gasteiger partial charge is 0.243 e. The van der Waals surface area contributed by atoms with Crippen LogP contribution in [0.4, 0.5) is 0 Å². The molecule has 14 N–H and O–H groups in total. The van der Waals surface area contributed by atoms with Crippen molar-refractivity contribution in [2.75, 3.05) is 26.7 Å². The van der Waals surface area contributed by atoms with Crippen LogP contribution in [0.15, 0.2) is 0 Å². The van der Waals surface area contributed by atoms with Crippen LogP contribution in [0.5, 0.6) is 0 Å².